The van der Waals surface area contributed by atoms with Crippen molar-refractivity contribution in [2.24, 2.45) is 0 Å². The Hall–Kier alpha value is -3.15. The van der Waals surface area contributed by atoms with Gasteiger partial charge in [0.1, 0.15) is 11.6 Å². The second-order valence-corrected chi connectivity index (χ2v) is 6.88. The van der Waals surface area contributed by atoms with Crippen molar-refractivity contribution in [3.8, 4) is 5.75 Å². The van der Waals surface area contributed by atoms with E-state index < -0.39 is 0 Å². The SMILES string of the molecule is O=C(c1ccccc1O)N1CCCC(c2nccn2Cc2ccncc2)C1. The number of likely N-dealkylation sites (tertiary alicyclic amines) is 1. The van der Waals surface area contributed by atoms with E-state index in [1.54, 1.807) is 36.7 Å². The first-order valence-electron chi connectivity index (χ1n) is 9.19. The summed E-state index contributed by atoms with van der Waals surface area (Å²) in [6.45, 7) is 2.05. The molecule has 1 amide bonds. The predicted molar refractivity (Wildman–Crippen MR) is 102 cm³/mol. The standard InChI is InChI=1S/C21H22N4O2/c26-19-6-2-1-5-18(19)21(27)25-12-3-4-17(15-25)20-23-11-13-24(20)14-16-7-9-22-10-8-16/h1-2,5-11,13,17,26H,3-4,12,14-15H2. The molecular weight excluding hydrogens is 340 g/mol. The van der Waals surface area contributed by atoms with E-state index in [2.05, 4.69) is 14.5 Å². The number of imidazole rings is 1. The number of carbonyl (C=O) groups excluding carboxylic acids is 1. The van der Waals surface area contributed by atoms with Gasteiger partial charge in [0.05, 0.1) is 5.56 Å². The number of phenols is 1. The number of piperidine rings is 1. The van der Waals surface area contributed by atoms with Gasteiger partial charge in [0, 0.05) is 50.3 Å². The zero-order chi connectivity index (χ0) is 18.6. The number of rotatable bonds is 4. The van der Waals surface area contributed by atoms with Gasteiger partial charge in [-0.1, -0.05) is 12.1 Å². The molecule has 1 N–H and O–H groups in total. The number of amides is 1. The van der Waals surface area contributed by atoms with Gasteiger partial charge in [0.15, 0.2) is 0 Å². The van der Waals surface area contributed by atoms with Crippen LogP contribution in [0.25, 0.3) is 0 Å². The molecule has 1 fully saturated rings. The Morgan fingerprint density at radius 3 is 2.78 bits per heavy atom. The maximum absolute atomic E-state index is 12.8. The van der Waals surface area contributed by atoms with Crippen molar-refractivity contribution >= 4 is 5.91 Å². The van der Waals surface area contributed by atoms with Crippen molar-refractivity contribution in [3.05, 3.63) is 78.1 Å². The van der Waals surface area contributed by atoms with E-state index in [1.165, 1.54) is 5.56 Å². The molecule has 3 heterocycles. The van der Waals surface area contributed by atoms with Gasteiger partial charge in [-0.25, -0.2) is 4.98 Å². The van der Waals surface area contributed by atoms with Gasteiger partial charge in [-0.15, -0.1) is 0 Å². The monoisotopic (exact) mass is 362 g/mol. The van der Waals surface area contributed by atoms with E-state index in [9.17, 15) is 9.90 Å². The van der Waals surface area contributed by atoms with Crippen LogP contribution in [-0.4, -0.2) is 43.5 Å². The smallest absolute Gasteiger partial charge is 0.257 e. The summed E-state index contributed by atoms with van der Waals surface area (Å²) in [4.78, 5) is 23.3. The van der Waals surface area contributed by atoms with Gasteiger partial charge in [-0.05, 0) is 42.7 Å². The van der Waals surface area contributed by atoms with Crippen molar-refractivity contribution in [1.29, 1.82) is 0 Å². The van der Waals surface area contributed by atoms with Gasteiger partial charge in [-0.3, -0.25) is 9.78 Å². The molecule has 6 nitrogen and oxygen atoms in total. The molecule has 1 unspecified atom stereocenters. The first kappa shape index (κ1) is 17.3. The van der Waals surface area contributed by atoms with Crippen LogP contribution in [-0.2, 0) is 6.54 Å². The fourth-order valence-electron chi connectivity index (χ4n) is 3.70. The summed E-state index contributed by atoms with van der Waals surface area (Å²) in [6, 6.07) is 10.7. The summed E-state index contributed by atoms with van der Waals surface area (Å²) in [7, 11) is 0. The van der Waals surface area contributed by atoms with Gasteiger partial charge < -0.3 is 14.6 Å². The highest BCUT2D eigenvalue weighted by Gasteiger charge is 2.28. The molecule has 3 aromatic rings. The van der Waals surface area contributed by atoms with E-state index in [-0.39, 0.29) is 17.6 Å². The number of aromatic nitrogens is 3. The number of pyridine rings is 1. The molecule has 138 valence electrons. The third-order valence-electron chi connectivity index (χ3n) is 5.06. The molecule has 0 bridgehead atoms. The summed E-state index contributed by atoms with van der Waals surface area (Å²) in [5, 5.41) is 10.0. The number of nitrogens with zero attached hydrogens (tertiary/aromatic N) is 4. The maximum atomic E-state index is 12.8. The summed E-state index contributed by atoms with van der Waals surface area (Å²) in [5.41, 5.74) is 1.53. The lowest BCUT2D eigenvalue weighted by Gasteiger charge is -2.33. The number of phenolic OH excluding ortho intramolecular Hbond substituents is 1. The van der Waals surface area contributed by atoms with Crippen LogP contribution in [0.5, 0.6) is 5.75 Å². The lowest BCUT2D eigenvalue weighted by Crippen LogP contribution is -2.39. The minimum Gasteiger partial charge on any atom is -0.507 e. The maximum Gasteiger partial charge on any atom is 0.257 e. The van der Waals surface area contributed by atoms with Gasteiger partial charge in [0.2, 0.25) is 0 Å². The third-order valence-corrected chi connectivity index (χ3v) is 5.06. The largest absolute Gasteiger partial charge is 0.507 e. The molecule has 1 aliphatic rings. The van der Waals surface area contributed by atoms with Crippen molar-refractivity contribution in [2.45, 2.75) is 25.3 Å². The first-order valence-corrected chi connectivity index (χ1v) is 9.19. The highest BCUT2D eigenvalue weighted by molar-refractivity contribution is 5.96. The quantitative estimate of drug-likeness (QED) is 0.774. The lowest BCUT2D eigenvalue weighted by molar-refractivity contribution is 0.0700. The molecule has 6 heteroatoms. The highest BCUT2D eigenvalue weighted by Crippen LogP contribution is 2.28. The predicted octanol–water partition coefficient (Wildman–Crippen LogP) is 3.05. The van der Waals surface area contributed by atoms with Crippen LogP contribution >= 0.6 is 0 Å². The van der Waals surface area contributed by atoms with E-state index in [1.807, 2.05) is 29.4 Å². The molecule has 0 radical (unpaired) electrons. The van der Waals surface area contributed by atoms with Crippen LogP contribution in [0.4, 0.5) is 0 Å². The Balaban J connectivity index is 1.52. The minimum absolute atomic E-state index is 0.0313. The lowest BCUT2D eigenvalue weighted by atomic mass is 9.96. The fraction of sp³-hybridized carbons (Fsp3) is 0.286. The molecule has 1 saturated heterocycles. The molecule has 4 rings (SSSR count). The summed E-state index contributed by atoms with van der Waals surface area (Å²) >= 11 is 0. The molecule has 1 aliphatic heterocycles. The zero-order valence-electron chi connectivity index (χ0n) is 15.0. The van der Waals surface area contributed by atoms with Crippen molar-refractivity contribution in [3.63, 3.8) is 0 Å². The Morgan fingerprint density at radius 1 is 1.15 bits per heavy atom. The van der Waals surface area contributed by atoms with Crippen LogP contribution in [0.15, 0.2) is 61.2 Å². The molecule has 1 aromatic carbocycles. The summed E-state index contributed by atoms with van der Waals surface area (Å²) in [5.74, 6) is 1.10. The number of aromatic hydroxyl groups is 1. The average molecular weight is 362 g/mol. The van der Waals surface area contributed by atoms with E-state index >= 15 is 0 Å². The number of benzene rings is 1. The molecule has 0 spiro atoms. The second kappa shape index (κ2) is 7.61. The van der Waals surface area contributed by atoms with E-state index in [0.29, 0.717) is 18.7 Å². The topological polar surface area (TPSA) is 71.2 Å². The Morgan fingerprint density at radius 2 is 1.96 bits per heavy atom. The van der Waals surface area contributed by atoms with Crippen molar-refractivity contribution in [1.82, 2.24) is 19.4 Å². The van der Waals surface area contributed by atoms with Crippen LogP contribution in [0.3, 0.4) is 0 Å². The molecule has 1 atom stereocenters. The normalized spacial score (nSPS) is 17.0. The number of para-hydroxylation sites is 1. The van der Waals surface area contributed by atoms with Crippen LogP contribution < -0.4 is 0 Å². The average Bonchev–Trinajstić information content (AvgIpc) is 3.17. The van der Waals surface area contributed by atoms with E-state index in [0.717, 1.165) is 25.2 Å². The van der Waals surface area contributed by atoms with Gasteiger partial charge in [-0.2, -0.15) is 0 Å². The fourth-order valence-corrected chi connectivity index (χ4v) is 3.70. The van der Waals surface area contributed by atoms with E-state index in [4.69, 9.17) is 0 Å². The van der Waals surface area contributed by atoms with Crippen molar-refractivity contribution < 1.29 is 9.90 Å². The summed E-state index contributed by atoms with van der Waals surface area (Å²) < 4.78 is 2.15. The van der Waals surface area contributed by atoms with Gasteiger partial charge >= 0.3 is 0 Å². The molecular formula is C21H22N4O2. The van der Waals surface area contributed by atoms with Crippen LogP contribution in [0, 0.1) is 0 Å². The minimum atomic E-state index is -0.120. The Bertz CT molecular complexity index is 923. The van der Waals surface area contributed by atoms with Crippen molar-refractivity contribution in [2.75, 3.05) is 13.1 Å². The highest BCUT2D eigenvalue weighted by atomic mass is 16.3. The molecule has 2 aromatic heterocycles. The molecule has 0 aliphatic carbocycles. The number of carbonyl (C=O) groups is 1. The zero-order valence-corrected chi connectivity index (χ0v) is 15.0. The Kier molecular flexibility index (Phi) is 4.87. The van der Waals surface area contributed by atoms with Crippen LogP contribution in [0.1, 0.15) is 40.5 Å². The number of hydrogen-bond acceptors (Lipinski definition) is 4. The van der Waals surface area contributed by atoms with Gasteiger partial charge in [0.25, 0.3) is 5.91 Å². The molecule has 0 saturated carbocycles. The molecule has 27 heavy (non-hydrogen) atoms. The summed E-state index contributed by atoms with van der Waals surface area (Å²) in [6.07, 6.45) is 9.31. The Labute approximate surface area is 158 Å². The first-order chi connectivity index (χ1) is 13.2. The number of hydrogen-bond donors (Lipinski definition) is 1. The third kappa shape index (κ3) is 3.69. The second-order valence-electron chi connectivity index (χ2n) is 6.88. The van der Waals surface area contributed by atoms with Crippen LogP contribution in [0.2, 0.25) is 0 Å².